The van der Waals surface area contributed by atoms with Gasteiger partial charge in [-0.05, 0) is 19.1 Å². The van der Waals surface area contributed by atoms with Crippen molar-refractivity contribution in [3.63, 3.8) is 0 Å². The van der Waals surface area contributed by atoms with E-state index in [2.05, 4.69) is 9.97 Å². The summed E-state index contributed by atoms with van der Waals surface area (Å²) in [5.74, 6) is 0. The molecule has 0 radical (unpaired) electrons. The minimum atomic E-state index is 0.250. The zero-order chi connectivity index (χ0) is 10.6. The largest absolute Gasteiger partial charge is 0.397 e. The van der Waals surface area contributed by atoms with Crippen LogP contribution in [0.3, 0.4) is 0 Å². The maximum Gasteiger partial charge on any atom is 0.373 e. The monoisotopic (exact) mass is 191 g/mol. The van der Waals surface area contributed by atoms with Crippen molar-refractivity contribution in [1.29, 1.82) is 0 Å². The molecule has 0 aliphatic carbocycles. The van der Waals surface area contributed by atoms with Gasteiger partial charge >= 0.3 is 6.15 Å². The van der Waals surface area contributed by atoms with Gasteiger partial charge in [0.05, 0.1) is 11.9 Å². The lowest BCUT2D eigenvalue weighted by Gasteiger charge is -1.89. The fourth-order valence-corrected chi connectivity index (χ4v) is 1.17. The summed E-state index contributed by atoms with van der Waals surface area (Å²) in [4.78, 5) is 23.5. The van der Waals surface area contributed by atoms with Gasteiger partial charge in [0, 0.05) is 11.1 Å². The second kappa shape index (κ2) is 4.20. The molecule has 3 N–H and O–H groups in total. The average Bonchev–Trinajstić information content (AvgIpc) is 2.45. The summed E-state index contributed by atoms with van der Waals surface area (Å²) < 4.78 is 0. The molecule has 0 spiro atoms. The lowest BCUT2D eigenvalue weighted by Crippen LogP contribution is -1.85. The van der Waals surface area contributed by atoms with Crippen molar-refractivity contribution in [2.75, 3.05) is 5.73 Å². The second-order valence-corrected chi connectivity index (χ2v) is 2.74. The highest BCUT2D eigenvalue weighted by Crippen LogP contribution is 2.14. The molecule has 0 saturated heterocycles. The van der Waals surface area contributed by atoms with Crippen molar-refractivity contribution in [2.45, 2.75) is 6.92 Å². The third-order valence-electron chi connectivity index (χ3n) is 1.63. The first kappa shape index (κ1) is 9.95. The Labute approximate surface area is 79.9 Å². The molecule has 0 aliphatic rings. The first-order valence-electron chi connectivity index (χ1n) is 3.87. The Kier molecular flexibility index (Phi) is 2.99. The van der Waals surface area contributed by atoms with Crippen LogP contribution in [0.15, 0.2) is 18.3 Å². The lowest BCUT2D eigenvalue weighted by atomic mass is 10.3. The molecule has 2 aromatic heterocycles. The van der Waals surface area contributed by atoms with Gasteiger partial charge in [-0.25, -0.2) is 4.98 Å². The molecule has 2 heterocycles. The molecule has 2 aromatic rings. The lowest BCUT2D eigenvalue weighted by molar-refractivity contribution is -0.191. The van der Waals surface area contributed by atoms with Crippen LogP contribution in [-0.2, 0) is 9.59 Å². The predicted molar refractivity (Wildman–Crippen MR) is 50.3 cm³/mol. The van der Waals surface area contributed by atoms with Crippen LogP contribution in [0.2, 0.25) is 0 Å². The quantitative estimate of drug-likeness (QED) is 0.646. The number of anilines is 1. The zero-order valence-electron chi connectivity index (χ0n) is 7.57. The molecule has 5 nitrogen and oxygen atoms in total. The highest BCUT2D eigenvalue weighted by atomic mass is 16.2. The minimum absolute atomic E-state index is 0.250. The number of nitrogens with two attached hydrogens (primary N) is 1. The van der Waals surface area contributed by atoms with Gasteiger partial charge in [-0.15, -0.1) is 0 Å². The van der Waals surface area contributed by atoms with Gasteiger partial charge in [0.1, 0.15) is 5.65 Å². The Morgan fingerprint density at radius 3 is 2.71 bits per heavy atom. The molecule has 0 bridgehead atoms. The van der Waals surface area contributed by atoms with E-state index in [1.807, 2.05) is 19.1 Å². The van der Waals surface area contributed by atoms with E-state index in [9.17, 15) is 0 Å². The summed E-state index contributed by atoms with van der Waals surface area (Å²) in [5, 5.41) is 1.07. The normalized spacial score (nSPS) is 8.93. The van der Waals surface area contributed by atoms with Crippen molar-refractivity contribution in [2.24, 2.45) is 0 Å². The average molecular weight is 191 g/mol. The van der Waals surface area contributed by atoms with E-state index in [1.165, 1.54) is 0 Å². The molecule has 0 aliphatic heterocycles. The molecular formula is C9H9N3O2. The van der Waals surface area contributed by atoms with Crippen molar-refractivity contribution in [3.05, 3.63) is 24.0 Å². The topological polar surface area (TPSA) is 88.8 Å². The van der Waals surface area contributed by atoms with Crippen molar-refractivity contribution in [1.82, 2.24) is 9.97 Å². The summed E-state index contributed by atoms with van der Waals surface area (Å²) in [7, 11) is 0. The van der Waals surface area contributed by atoms with Crippen LogP contribution in [0.25, 0.3) is 11.0 Å². The highest BCUT2D eigenvalue weighted by Gasteiger charge is 1.97. The van der Waals surface area contributed by atoms with E-state index < -0.39 is 0 Å². The van der Waals surface area contributed by atoms with Gasteiger partial charge in [-0.1, -0.05) is 0 Å². The van der Waals surface area contributed by atoms with Crippen molar-refractivity contribution < 1.29 is 9.59 Å². The van der Waals surface area contributed by atoms with E-state index in [4.69, 9.17) is 15.3 Å². The maximum absolute atomic E-state index is 8.12. The van der Waals surface area contributed by atoms with Gasteiger partial charge in [-0.2, -0.15) is 9.59 Å². The number of nitrogen functional groups attached to an aromatic ring is 1. The zero-order valence-corrected chi connectivity index (χ0v) is 7.57. The Morgan fingerprint density at radius 1 is 1.43 bits per heavy atom. The number of H-pyrrole nitrogens is 1. The highest BCUT2D eigenvalue weighted by molar-refractivity contribution is 5.79. The molecule has 2 rings (SSSR count). The fraction of sp³-hybridized carbons (Fsp3) is 0.111. The molecular weight excluding hydrogens is 182 g/mol. The molecule has 14 heavy (non-hydrogen) atoms. The number of hydrogen-bond acceptors (Lipinski definition) is 4. The van der Waals surface area contributed by atoms with E-state index in [1.54, 1.807) is 6.20 Å². The Hall–Kier alpha value is -2.13. The number of pyridine rings is 1. The number of nitrogens with one attached hydrogen (secondary N) is 1. The maximum atomic E-state index is 8.12. The van der Waals surface area contributed by atoms with E-state index in [0.717, 1.165) is 16.7 Å². The molecule has 0 amide bonds. The number of nitrogens with zero attached hydrogens (tertiary/aromatic N) is 1. The number of rotatable bonds is 0. The smallest absolute Gasteiger partial charge is 0.373 e. The number of aromatic amines is 1. The fourth-order valence-electron chi connectivity index (χ4n) is 1.17. The van der Waals surface area contributed by atoms with Gasteiger partial charge in [0.2, 0.25) is 0 Å². The summed E-state index contributed by atoms with van der Waals surface area (Å²) in [6.45, 7) is 2.00. The third kappa shape index (κ3) is 2.18. The van der Waals surface area contributed by atoms with Crippen LogP contribution < -0.4 is 5.73 Å². The van der Waals surface area contributed by atoms with Crippen molar-refractivity contribution >= 4 is 22.9 Å². The molecule has 0 fully saturated rings. The van der Waals surface area contributed by atoms with Crippen LogP contribution in [0.5, 0.6) is 0 Å². The number of aryl methyl sites for hydroxylation is 1. The van der Waals surface area contributed by atoms with Crippen molar-refractivity contribution in [3.8, 4) is 0 Å². The number of carbonyl (C=O) groups excluding carboxylic acids is 2. The van der Waals surface area contributed by atoms with E-state index in [0.29, 0.717) is 5.69 Å². The van der Waals surface area contributed by atoms with Gasteiger partial charge in [-0.3, -0.25) is 0 Å². The number of fused-ring (bicyclic) bond motifs is 1. The minimum Gasteiger partial charge on any atom is -0.397 e. The number of aromatic nitrogens is 2. The molecule has 0 unspecified atom stereocenters. The molecule has 0 saturated carbocycles. The van der Waals surface area contributed by atoms with Gasteiger partial charge in [0.15, 0.2) is 0 Å². The predicted octanol–water partition coefficient (Wildman–Crippen LogP) is 0.870. The first-order valence-corrected chi connectivity index (χ1v) is 3.87. The molecule has 0 aromatic carbocycles. The third-order valence-corrected chi connectivity index (χ3v) is 1.63. The summed E-state index contributed by atoms with van der Waals surface area (Å²) in [6.07, 6.45) is 1.90. The summed E-state index contributed by atoms with van der Waals surface area (Å²) in [5.41, 5.74) is 8.27. The van der Waals surface area contributed by atoms with Gasteiger partial charge < -0.3 is 10.7 Å². The second-order valence-electron chi connectivity index (χ2n) is 2.74. The summed E-state index contributed by atoms with van der Waals surface area (Å²) in [6, 6.07) is 3.94. The molecule has 5 heteroatoms. The van der Waals surface area contributed by atoms with Crippen LogP contribution in [0.1, 0.15) is 5.69 Å². The van der Waals surface area contributed by atoms with Gasteiger partial charge in [0.25, 0.3) is 0 Å². The van der Waals surface area contributed by atoms with Crippen LogP contribution >= 0.6 is 0 Å². The first-order chi connectivity index (χ1) is 6.67. The molecule has 72 valence electrons. The van der Waals surface area contributed by atoms with Crippen LogP contribution in [0.4, 0.5) is 5.69 Å². The Balaban J connectivity index is 0.000000293. The molecule has 0 atom stereocenters. The SMILES string of the molecule is Cc1cc2cc(N)cnc2[nH]1.O=C=O. The van der Waals surface area contributed by atoms with E-state index in [-0.39, 0.29) is 6.15 Å². The Morgan fingerprint density at radius 2 is 2.07 bits per heavy atom. The Bertz CT molecular complexity index is 470. The van der Waals surface area contributed by atoms with E-state index >= 15 is 0 Å². The van der Waals surface area contributed by atoms with Crippen LogP contribution in [0, 0.1) is 6.92 Å². The standard InChI is InChI=1S/C8H9N3.CO2/c1-5-2-6-3-7(9)4-10-8(6)11-5;2-1-3/h2-4H,9H2,1H3,(H,10,11);. The van der Waals surface area contributed by atoms with Crippen LogP contribution in [-0.4, -0.2) is 16.1 Å². The number of hydrogen-bond donors (Lipinski definition) is 2. The summed E-state index contributed by atoms with van der Waals surface area (Å²) >= 11 is 0.